The number of ether oxygens (including phenoxy) is 1. The fourth-order valence-corrected chi connectivity index (χ4v) is 2.18. The van der Waals surface area contributed by atoms with Crippen molar-refractivity contribution in [2.75, 3.05) is 26.7 Å². The van der Waals surface area contributed by atoms with E-state index in [1.54, 1.807) is 0 Å². The van der Waals surface area contributed by atoms with Crippen LogP contribution in [0.2, 0.25) is 0 Å². The summed E-state index contributed by atoms with van der Waals surface area (Å²) >= 11 is 0. The van der Waals surface area contributed by atoms with E-state index in [0.717, 1.165) is 6.42 Å². The van der Waals surface area contributed by atoms with Gasteiger partial charge in [-0.2, -0.15) is 0 Å². The van der Waals surface area contributed by atoms with E-state index in [4.69, 9.17) is 10.5 Å². The largest absolute Gasteiger partial charge is 0.469 e. The van der Waals surface area contributed by atoms with E-state index in [2.05, 4.69) is 6.92 Å². The molecule has 1 rings (SSSR count). The second kappa shape index (κ2) is 7.36. The van der Waals surface area contributed by atoms with Gasteiger partial charge in [-0.15, -0.1) is 0 Å². The molecule has 0 spiro atoms. The lowest BCUT2D eigenvalue weighted by Gasteiger charge is -2.31. The lowest BCUT2D eigenvalue weighted by atomic mass is 9.96. The van der Waals surface area contributed by atoms with Gasteiger partial charge in [-0.1, -0.05) is 6.92 Å². The van der Waals surface area contributed by atoms with Crippen molar-refractivity contribution in [1.29, 1.82) is 0 Å². The van der Waals surface area contributed by atoms with Gasteiger partial charge in [0.25, 0.3) is 0 Å². The summed E-state index contributed by atoms with van der Waals surface area (Å²) < 4.78 is 4.72. The monoisotopic (exact) mass is 256 g/mol. The summed E-state index contributed by atoms with van der Waals surface area (Å²) in [6.45, 7) is 4.00. The summed E-state index contributed by atoms with van der Waals surface area (Å²) in [4.78, 5) is 25.1. The SMILES string of the molecule is COC(=O)C1CCN(C(=O)CCC(C)CN)CC1. The highest BCUT2D eigenvalue weighted by molar-refractivity contribution is 5.77. The Morgan fingerprint density at radius 3 is 2.50 bits per heavy atom. The Kier molecular flexibility index (Phi) is 6.12. The molecule has 1 fully saturated rings. The van der Waals surface area contributed by atoms with Crippen LogP contribution in [0, 0.1) is 11.8 Å². The fraction of sp³-hybridized carbons (Fsp3) is 0.846. The Bertz CT molecular complexity index is 286. The van der Waals surface area contributed by atoms with Crippen molar-refractivity contribution in [2.24, 2.45) is 17.6 Å². The molecule has 0 aromatic carbocycles. The zero-order valence-electron chi connectivity index (χ0n) is 11.4. The van der Waals surface area contributed by atoms with Crippen LogP contribution in [0.15, 0.2) is 0 Å². The molecule has 0 aliphatic carbocycles. The molecule has 2 N–H and O–H groups in total. The van der Waals surface area contributed by atoms with E-state index in [-0.39, 0.29) is 17.8 Å². The highest BCUT2D eigenvalue weighted by atomic mass is 16.5. The number of hydrogen-bond donors (Lipinski definition) is 1. The van der Waals surface area contributed by atoms with Crippen molar-refractivity contribution in [2.45, 2.75) is 32.6 Å². The molecule has 1 aliphatic rings. The molecule has 1 amide bonds. The Labute approximate surface area is 109 Å². The summed E-state index contributed by atoms with van der Waals surface area (Å²) in [7, 11) is 1.41. The van der Waals surface area contributed by atoms with Crippen LogP contribution in [0.25, 0.3) is 0 Å². The van der Waals surface area contributed by atoms with Gasteiger partial charge in [-0.25, -0.2) is 0 Å². The number of likely N-dealkylation sites (tertiary alicyclic amines) is 1. The second-order valence-corrected chi connectivity index (χ2v) is 5.06. The number of carbonyl (C=O) groups excluding carboxylic acids is 2. The minimum atomic E-state index is -0.154. The van der Waals surface area contributed by atoms with E-state index in [0.29, 0.717) is 44.8 Å². The average molecular weight is 256 g/mol. The molecule has 104 valence electrons. The maximum atomic E-state index is 11.9. The molecule has 5 heteroatoms. The summed E-state index contributed by atoms with van der Waals surface area (Å²) in [5.41, 5.74) is 5.53. The molecule has 0 radical (unpaired) electrons. The molecule has 1 saturated heterocycles. The van der Waals surface area contributed by atoms with Gasteiger partial charge < -0.3 is 15.4 Å². The summed E-state index contributed by atoms with van der Waals surface area (Å²) in [5, 5.41) is 0. The molecule has 0 saturated carbocycles. The van der Waals surface area contributed by atoms with Gasteiger partial charge in [0.05, 0.1) is 13.0 Å². The number of amides is 1. The third-order valence-electron chi connectivity index (χ3n) is 3.64. The van der Waals surface area contributed by atoms with Crippen LogP contribution in [0.4, 0.5) is 0 Å². The van der Waals surface area contributed by atoms with E-state index >= 15 is 0 Å². The Morgan fingerprint density at radius 1 is 1.39 bits per heavy atom. The summed E-state index contributed by atoms with van der Waals surface area (Å²) in [5.74, 6) is 0.376. The topological polar surface area (TPSA) is 72.6 Å². The second-order valence-electron chi connectivity index (χ2n) is 5.06. The van der Waals surface area contributed by atoms with Gasteiger partial charge in [0.1, 0.15) is 0 Å². The molecule has 0 aromatic rings. The molecule has 1 aliphatic heterocycles. The standard InChI is InChI=1S/C13H24N2O3/c1-10(9-14)3-4-12(16)15-7-5-11(6-8-15)13(17)18-2/h10-11H,3-9,14H2,1-2H3. The van der Waals surface area contributed by atoms with Gasteiger partial charge in [0.15, 0.2) is 0 Å². The van der Waals surface area contributed by atoms with Gasteiger partial charge in [0, 0.05) is 19.5 Å². The smallest absolute Gasteiger partial charge is 0.308 e. The first kappa shape index (κ1) is 15.0. The van der Waals surface area contributed by atoms with Crippen molar-refractivity contribution in [3.8, 4) is 0 Å². The number of rotatable bonds is 5. The third-order valence-corrected chi connectivity index (χ3v) is 3.64. The quantitative estimate of drug-likeness (QED) is 0.738. The van der Waals surface area contributed by atoms with E-state index in [1.807, 2.05) is 4.90 Å². The Hall–Kier alpha value is -1.10. The number of nitrogens with two attached hydrogens (primary N) is 1. The maximum absolute atomic E-state index is 11.9. The third kappa shape index (κ3) is 4.29. The van der Waals surface area contributed by atoms with Crippen LogP contribution in [0.5, 0.6) is 0 Å². The molecular formula is C13H24N2O3. The number of methoxy groups -OCH3 is 1. The molecule has 5 nitrogen and oxygen atoms in total. The number of piperidine rings is 1. The minimum Gasteiger partial charge on any atom is -0.469 e. The number of carbonyl (C=O) groups is 2. The first-order valence-corrected chi connectivity index (χ1v) is 6.64. The van der Waals surface area contributed by atoms with Crippen LogP contribution in [-0.4, -0.2) is 43.5 Å². The highest BCUT2D eigenvalue weighted by Gasteiger charge is 2.27. The number of nitrogens with zero attached hydrogens (tertiary/aromatic N) is 1. The van der Waals surface area contributed by atoms with Crippen molar-refractivity contribution < 1.29 is 14.3 Å². The molecule has 1 atom stereocenters. The van der Waals surface area contributed by atoms with Gasteiger partial charge in [0.2, 0.25) is 5.91 Å². The van der Waals surface area contributed by atoms with Crippen LogP contribution in [0.3, 0.4) is 0 Å². The highest BCUT2D eigenvalue weighted by Crippen LogP contribution is 2.19. The predicted octanol–water partition coefficient (Wildman–Crippen LogP) is 0.773. The number of esters is 1. The van der Waals surface area contributed by atoms with Gasteiger partial charge in [-0.05, 0) is 31.7 Å². The Morgan fingerprint density at radius 2 is 2.00 bits per heavy atom. The molecule has 0 bridgehead atoms. The molecule has 1 unspecified atom stereocenters. The summed E-state index contributed by atoms with van der Waals surface area (Å²) in [6, 6.07) is 0. The Balaban J connectivity index is 2.29. The van der Waals surface area contributed by atoms with Crippen LogP contribution in [-0.2, 0) is 14.3 Å². The van der Waals surface area contributed by atoms with Crippen molar-refractivity contribution >= 4 is 11.9 Å². The van der Waals surface area contributed by atoms with Gasteiger partial charge in [-0.3, -0.25) is 9.59 Å². The van der Waals surface area contributed by atoms with E-state index in [1.165, 1.54) is 7.11 Å². The van der Waals surface area contributed by atoms with E-state index in [9.17, 15) is 9.59 Å². The van der Waals surface area contributed by atoms with E-state index < -0.39 is 0 Å². The van der Waals surface area contributed by atoms with Crippen LogP contribution in [0.1, 0.15) is 32.6 Å². The zero-order valence-corrected chi connectivity index (χ0v) is 11.4. The average Bonchev–Trinajstić information content (AvgIpc) is 2.43. The summed E-state index contributed by atoms with van der Waals surface area (Å²) in [6.07, 6.45) is 2.82. The fourth-order valence-electron chi connectivity index (χ4n) is 2.18. The minimum absolute atomic E-state index is 0.0398. The molecule has 18 heavy (non-hydrogen) atoms. The normalized spacial score (nSPS) is 18.5. The molecular weight excluding hydrogens is 232 g/mol. The van der Waals surface area contributed by atoms with Crippen LogP contribution < -0.4 is 5.73 Å². The predicted molar refractivity (Wildman–Crippen MR) is 68.8 cm³/mol. The lowest BCUT2D eigenvalue weighted by Crippen LogP contribution is -2.40. The van der Waals surface area contributed by atoms with Crippen molar-refractivity contribution in [1.82, 2.24) is 4.90 Å². The van der Waals surface area contributed by atoms with Crippen molar-refractivity contribution in [3.63, 3.8) is 0 Å². The van der Waals surface area contributed by atoms with Crippen molar-refractivity contribution in [3.05, 3.63) is 0 Å². The molecule has 0 aromatic heterocycles. The zero-order chi connectivity index (χ0) is 13.5. The van der Waals surface area contributed by atoms with Crippen LogP contribution >= 0.6 is 0 Å². The lowest BCUT2D eigenvalue weighted by molar-refractivity contribution is -0.148. The first-order valence-electron chi connectivity index (χ1n) is 6.64. The first-order chi connectivity index (χ1) is 8.58. The maximum Gasteiger partial charge on any atom is 0.308 e. The molecule has 1 heterocycles. The number of hydrogen-bond acceptors (Lipinski definition) is 4. The van der Waals surface area contributed by atoms with Gasteiger partial charge >= 0.3 is 5.97 Å².